The monoisotopic (exact) mass is 315 g/mol. The molecule has 86 valence electrons. The Hall–Kier alpha value is -0.160. The summed E-state index contributed by atoms with van der Waals surface area (Å²) >= 11 is 7.17. The highest BCUT2D eigenvalue weighted by molar-refractivity contribution is 9.11. The first-order valence-corrected chi connectivity index (χ1v) is 7.73. The van der Waals surface area contributed by atoms with Gasteiger partial charge in [-0.1, -0.05) is 6.92 Å². The Morgan fingerprint density at radius 1 is 1.00 bits per heavy atom. The first-order valence-electron chi connectivity index (χ1n) is 5.30. The number of aryl methyl sites for hydroxylation is 1. The third-order valence-electron chi connectivity index (χ3n) is 2.29. The second-order valence-electron chi connectivity index (χ2n) is 3.53. The molecule has 0 aliphatic rings. The van der Waals surface area contributed by atoms with Gasteiger partial charge in [-0.15, -0.1) is 22.7 Å². The SMILES string of the molecule is CCc1ccc(CNCc2ccc(Br)s2)s1. The van der Waals surface area contributed by atoms with Gasteiger partial charge in [0.15, 0.2) is 0 Å². The largest absolute Gasteiger partial charge is 0.307 e. The minimum atomic E-state index is 0.954. The second kappa shape index (κ2) is 5.96. The van der Waals surface area contributed by atoms with Crippen LogP contribution in [0.1, 0.15) is 21.6 Å². The molecular formula is C12H14BrNS2. The van der Waals surface area contributed by atoms with Crippen LogP contribution in [0.4, 0.5) is 0 Å². The summed E-state index contributed by atoms with van der Waals surface area (Å²) in [5.74, 6) is 0. The molecule has 1 nitrogen and oxygen atoms in total. The molecule has 0 saturated carbocycles. The van der Waals surface area contributed by atoms with E-state index in [9.17, 15) is 0 Å². The van der Waals surface area contributed by atoms with Crippen LogP contribution in [0.15, 0.2) is 28.1 Å². The van der Waals surface area contributed by atoms with E-state index in [1.165, 1.54) is 18.4 Å². The predicted molar refractivity (Wildman–Crippen MR) is 76.3 cm³/mol. The van der Waals surface area contributed by atoms with Gasteiger partial charge in [0, 0.05) is 27.7 Å². The van der Waals surface area contributed by atoms with Crippen molar-refractivity contribution in [1.82, 2.24) is 5.32 Å². The zero-order valence-corrected chi connectivity index (χ0v) is 12.3. The van der Waals surface area contributed by atoms with E-state index in [2.05, 4.69) is 52.4 Å². The zero-order chi connectivity index (χ0) is 11.4. The molecule has 0 saturated heterocycles. The van der Waals surface area contributed by atoms with Crippen LogP contribution in [0, 0.1) is 0 Å². The van der Waals surface area contributed by atoms with E-state index in [0.717, 1.165) is 19.5 Å². The molecule has 2 aromatic heterocycles. The predicted octanol–water partition coefficient (Wildman–Crippen LogP) is 4.42. The Balaban J connectivity index is 1.79. The molecule has 0 fully saturated rings. The minimum Gasteiger partial charge on any atom is -0.307 e. The molecule has 2 aromatic rings. The van der Waals surface area contributed by atoms with Crippen LogP contribution in [0.2, 0.25) is 0 Å². The molecule has 0 unspecified atom stereocenters. The third-order valence-corrected chi connectivity index (χ3v) is 5.15. The van der Waals surface area contributed by atoms with E-state index < -0.39 is 0 Å². The van der Waals surface area contributed by atoms with Crippen LogP contribution >= 0.6 is 38.6 Å². The number of halogens is 1. The first-order chi connectivity index (χ1) is 7.78. The number of thiophene rings is 2. The molecule has 2 heterocycles. The van der Waals surface area contributed by atoms with Gasteiger partial charge in [0.25, 0.3) is 0 Å². The molecule has 0 radical (unpaired) electrons. The quantitative estimate of drug-likeness (QED) is 0.861. The maximum Gasteiger partial charge on any atom is 0.0701 e. The second-order valence-corrected chi connectivity index (χ2v) is 7.33. The lowest BCUT2D eigenvalue weighted by molar-refractivity contribution is 0.709. The Labute approximate surface area is 113 Å². The van der Waals surface area contributed by atoms with Crippen molar-refractivity contribution in [2.45, 2.75) is 26.4 Å². The number of hydrogen-bond acceptors (Lipinski definition) is 3. The van der Waals surface area contributed by atoms with E-state index in [0.29, 0.717) is 0 Å². The van der Waals surface area contributed by atoms with Crippen LogP contribution in [0.25, 0.3) is 0 Å². The Bertz CT molecular complexity index is 447. The maximum absolute atomic E-state index is 3.47. The van der Waals surface area contributed by atoms with Crippen molar-refractivity contribution < 1.29 is 0 Å². The average Bonchev–Trinajstić information content (AvgIpc) is 2.88. The Morgan fingerprint density at radius 3 is 2.19 bits per heavy atom. The van der Waals surface area contributed by atoms with Crippen molar-refractivity contribution in [3.05, 3.63) is 42.7 Å². The standard InChI is InChI=1S/C12H14BrNS2/c1-2-9-3-4-10(15-9)7-14-8-11-5-6-12(13)16-11/h3-6,14H,2,7-8H2,1H3. The summed E-state index contributed by atoms with van der Waals surface area (Å²) in [6.45, 7) is 4.13. The molecule has 0 spiro atoms. The Morgan fingerprint density at radius 2 is 1.62 bits per heavy atom. The van der Waals surface area contributed by atoms with E-state index in [-0.39, 0.29) is 0 Å². The molecule has 0 aliphatic heterocycles. The van der Waals surface area contributed by atoms with Crippen molar-refractivity contribution in [1.29, 1.82) is 0 Å². The molecule has 16 heavy (non-hydrogen) atoms. The molecule has 0 atom stereocenters. The number of hydrogen-bond donors (Lipinski definition) is 1. The number of nitrogens with one attached hydrogen (secondary N) is 1. The van der Waals surface area contributed by atoms with Crippen molar-refractivity contribution in [3.8, 4) is 0 Å². The highest BCUT2D eigenvalue weighted by atomic mass is 79.9. The van der Waals surface area contributed by atoms with Gasteiger partial charge in [-0.05, 0) is 46.6 Å². The molecule has 0 bridgehead atoms. The molecule has 0 aliphatic carbocycles. The highest BCUT2D eigenvalue weighted by Gasteiger charge is 2.00. The van der Waals surface area contributed by atoms with Crippen molar-refractivity contribution in [3.63, 3.8) is 0 Å². The summed E-state index contributed by atoms with van der Waals surface area (Å²) in [6, 6.07) is 8.71. The van der Waals surface area contributed by atoms with Crippen LogP contribution in [-0.4, -0.2) is 0 Å². The summed E-state index contributed by atoms with van der Waals surface area (Å²) in [5.41, 5.74) is 0. The van der Waals surface area contributed by atoms with Gasteiger partial charge >= 0.3 is 0 Å². The lowest BCUT2D eigenvalue weighted by Gasteiger charge is -1.99. The van der Waals surface area contributed by atoms with Crippen LogP contribution in [-0.2, 0) is 19.5 Å². The van der Waals surface area contributed by atoms with Gasteiger partial charge in [-0.3, -0.25) is 0 Å². The summed E-state index contributed by atoms with van der Waals surface area (Å²) in [5, 5.41) is 3.47. The van der Waals surface area contributed by atoms with Crippen molar-refractivity contribution in [2.75, 3.05) is 0 Å². The number of rotatable bonds is 5. The summed E-state index contributed by atoms with van der Waals surface area (Å²) in [7, 11) is 0. The van der Waals surface area contributed by atoms with Gasteiger partial charge in [-0.25, -0.2) is 0 Å². The topological polar surface area (TPSA) is 12.0 Å². The van der Waals surface area contributed by atoms with Gasteiger partial charge in [-0.2, -0.15) is 0 Å². The Kier molecular flexibility index (Phi) is 4.58. The zero-order valence-electron chi connectivity index (χ0n) is 9.13. The molecule has 2 rings (SSSR count). The van der Waals surface area contributed by atoms with Gasteiger partial charge < -0.3 is 5.32 Å². The summed E-state index contributed by atoms with van der Waals surface area (Å²) < 4.78 is 1.20. The fourth-order valence-electron chi connectivity index (χ4n) is 1.46. The fraction of sp³-hybridized carbons (Fsp3) is 0.333. The lowest BCUT2D eigenvalue weighted by atomic mass is 10.3. The normalized spacial score (nSPS) is 10.9. The van der Waals surface area contributed by atoms with Crippen LogP contribution in [0.3, 0.4) is 0 Å². The lowest BCUT2D eigenvalue weighted by Crippen LogP contribution is -2.10. The van der Waals surface area contributed by atoms with Crippen LogP contribution in [0.5, 0.6) is 0 Å². The van der Waals surface area contributed by atoms with Gasteiger partial charge in [0.1, 0.15) is 0 Å². The maximum atomic E-state index is 3.47. The van der Waals surface area contributed by atoms with Crippen molar-refractivity contribution in [2.24, 2.45) is 0 Å². The molecule has 0 amide bonds. The molecule has 4 heteroatoms. The van der Waals surface area contributed by atoms with Crippen molar-refractivity contribution >= 4 is 38.6 Å². The summed E-state index contributed by atoms with van der Waals surface area (Å²) in [4.78, 5) is 4.27. The van der Waals surface area contributed by atoms with Crippen LogP contribution < -0.4 is 5.32 Å². The van der Waals surface area contributed by atoms with Gasteiger partial charge in [0.05, 0.1) is 3.79 Å². The molecular weight excluding hydrogens is 302 g/mol. The third kappa shape index (κ3) is 3.42. The van der Waals surface area contributed by atoms with E-state index in [1.807, 2.05) is 11.3 Å². The first kappa shape index (κ1) is 12.3. The minimum absolute atomic E-state index is 0.954. The van der Waals surface area contributed by atoms with Gasteiger partial charge in [0.2, 0.25) is 0 Å². The van der Waals surface area contributed by atoms with E-state index in [1.54, 1.807) is 11.3 Å². The fourth-order valence-corrected chi connectivity index (χ4v) is 3.84. The highest BCUT2D eigenvalue weighted by Crippen LogP contribution is 2.22. The summed E-state index contributed by atoms with van der Waals surface area (Å²) in [6.07, 6.45) is 1.14. The van der Waals surface area contributed by atoms with E-state index in [4.69, 9.17) is 0 Å². The molecule has 0 aromatic carbocycles. The average molecular weight is 316 g/mol. The van der Waals surface area contributed by atoms with E-state index >= 15 is 0 Å². The molecule has 1 N–H and O–H groups in total. The smallest absolute Gasteiger partial charge is 0.0701 e.